The summed E-state index contributed by atoms with van der Waals surface area (Å²) in [7, 11) is -1.64. The van der Waals surface area contributed by atoms with Gasteiger partial charge in [-0.3, -0.25) is 4.21 Å². The van der Waals surface area contributed by atoms with Crippen LogP contribution in [0.4, 0.5) is 14.5 Å². The van der Waals surface area contributed by atoms with E-state index in [4.69, 9.17) is 5.73 Å². The number of hydrogen-bond donors (Lipinski definition) is 1. The zero-order chi connectivity index (χ0) is 13.0. The minimum absolute atomic E-state index is 0.00271. The number of hydrogen-bond acceptors (Lipinski definition) is 2. The van der Waals surface area contributed by atoms with Gasteiger partial charge in [-0.15, -0.1) is 0 Å². The molecule has 0 radical (unpaired) electrons. The smallest absolute Gasteiger partial charge is 0.144 e. The zero-order valence-corrected chi connectivity index (χ0v) is 10.8. The molecule has 0 amide bonds. The molecule has 0 aliphatic carbocycles. The lowest BCUT2D eigenvalue weighted by Crippen LogP contribution is -2.06. The Morgan fingerprint density at radius 1 is 1.29 bits per heavy atom. The van der Waals surface area contributed by atoms with Crippen molar-refractivity contribution in [1.29, 1.82) is 0 Å². The van der Waals surface area contributed by atoms with Gasteiger partial charge in [-0.05, 0) is 24.5 Å². The van der Waals surface area contributed by atoms with Gasteiger partial charge in [-0.2, -0.15) is 0 Å². The molecule has 1 rings (SSSR count). The normalized spacial score (nSPS) is 13.0. The van der Waals surface area contributed by atoms with E-state index in [1.165, 1.54) is 0 Å². The lowest BCUT2D eigenvalue weighted by molar-refractivity contribution is 0.533. The maximum Gasteiger partial charge on any atom is 0.144 e. The van der Waals surface area contributed by atoms with E-state index in [2.05, 4.69) is 0 Å². The predicted molar refractivity (Wildman–Crippen MR) is 66.1 cm³/mol. The Balaban J connectivity index is 2.76. The Labute approximate surface area is 103 Å². The van der Waals surface area contributed by atoms with Crippen molar-refractivity contribution in [2.75, 3.05) is 11.5 Å². The molecule has 1 aromatic rings. The fourth-order valence-corrected chi connectivity index (χ4v) is 2.71. The van der Waals surface area contributed by atoms with Crippen molar-refractivity contribution in [2.45, 2.75) is 31.6 Å². The third-order valence-corrected chi connectivity index (χ3v) is 3.86. The Hall–Kier alpha value is -0.970. The van der Waals surface area contributed by atoms with Crippen LogP contribution in [0, 0.1) is 17.6 Å². The van der Waals surface area contributed by atoms with E-state index in [0.717, 1.165) is 18.6 Å². The summed E-state index contributed by atoms with van der Waals surface area (Å²) in [5.41, 5.74) is 5.29. The predicted octanol–water partition coefficient (Wildman–Crippen LogP) is 3.09. The summed E-state index contributed by atoms with van der Waals surface area (Å²) in [6, 6.07) is 2.00. The molecule has 0 fully saturated rings. The highest BCUT2D eigenvalue weighted by Crippen LogP contribution is 2.21. The molecule has 0 heterocycles. The highest BCUT2D eigenvalue weighted by atomic mass is 32.2. The molecule has 1 unspecified atom stereocenters. The van der Waals surface area contributed by atoms with Gasteiger partial charge in [0.2, 0.25) is 0 Å². The lowest BCUT2D eigenvalue weighted by Gasteiger charge is -2.07. The minimum Gasteiger partial charge on any atom is -0.399 e. The van der Waals surface area contributed by atoms with Crippen LogP contribution in [0.1, 0.15) is 26.7 Å². The standard InChI is InChI=1S/C12H17F2NOS/c1-8(2)4-3-5-17(16)12-10(13)6-9(15)7-11(12)14/h6-8H,3-5,15H2,1-2H3. The summed E-state index contributed by atoms with van der Waals surface area (Å²) in [4.78, 5) is -0.358. The number of rotatable bonds is 5. The first-order valence-corrected chi connectivity index (χ1v) is 6.86. The quantitative estimate of drug-likeness (QED) is 0.828. The molecule has 0 spiro atoms. The summed E-state index contributed by atoms with van der Waals surface area (Å²) in [5.74, 6) is -0.889. The average Bonchev–Trinajstić information content (AvgIpc) is 2.14. The maximum absolute atomic E-state index is 13.4. The number of anilines is 1. The van der Waals surface area contributed by atoms with Crippen LogP contribution in [0.25, 0.3) is 0 Å². The van der Waals surface area contributed by atoms with Gasteiger partial charge >= 0.3 is 0 Å². The van der Waals surface area contributed by atoms with Crippen LogP contribution in [-0.2, 0) is 10.8 Å². The molecule has 17 heavy (non-hydrogen) atoms. The van der Waals surface area contributed by atoms with Crippen LogP contribution in [0.3, 0.4) is 0 Å². The van der Waals surface area contributed by atoms with Gasteiger partial charge in [0.25, 0.3) is 0 Å². The van der Waals surface area contributed by atoms with Crippen molar-refractivity contribution in [1.82, 2.24) is 0 Å². The molecular formula is C12H17F2NOS. The summed E-state index contributed by atoms with van der Waals surface area (Å²) < 4.78 is 38.6. The van der Waals surface area contributed by atoms with Gasteiger partial charge in [0, 0.05) is 11.4 Å². The summed E-state index contributed by atoms with van der Waals surface area (Å²) in [6.07, 6.45) is 1.58. The van der Waals surface area contributed by atoms with Crippen LogP contribution < -0.4 is 5.73 Å². The largest absolute Gasteiger partial charge is 0.399 e. The molecule has 2 N–H and O–H groups in total. The molecule has 0 bridgehead atoms. The molecule has 1 atom stereocenters. The molecule has 2 nitrogen and oxygen atoms in total. The summed E-state index contributed by atoms with van der Waals surface area (Å²) >= 11 is 0. The monoisotopic (exact) mass is 261 g/mol. The van der Waals surface area contributed by atoms with E-state index in [0.29, 0.717) is 12.3 Å². The fourth-order valence-electron chi connectivity index (χ4n) is 1.52. The van der Waals surface area contributed by atoms with Crippen LogP contribution >= 0.6 is 0 Å². The first-order valence-electron chi connectivity index (χ1n) is 5.54. The second-order valence-electron chi connectivity index (χ2n) is 4.40. The van der Waals surface area contributed by atoms with Gasteiger partial charge in [0.05, 0.1) is 10.8 Å². The van der Waals surface area contributed by atoms with E-state index in [-0.39, 0.29) is 16.3 Å². The van der Waals surface area contributed by atoms with Crippen molar-refractivity contribution >= 4 is 16.5 Å². The van der Waals surface area contributed by atoms with E-state index in [1.807, 2.05) is 13.8 Å². The molecule has 0 aliphatic rings. The zero-order valence-electron chi connectivity index (χ0n) is 10.0. The van der Waals surface area contributed by atoms with Gasteiger partial charge in [-0.25, -0.2) is 8.78 Å². The van der Waals surface area contributed by atoms with Crippen LogP contribution in [-0.4, -0.2) is 9.96 Å². The van der Waals surface area contributed by atoms with Crippen LogP contribution in [0.5, 0.6) is 0 Å². The second kappa shape index (κ2) is 6.10. The number of nitrogen functional groups attached to an aromatic ring is 1. The summed E-state index contributed by atoms with van der Waals surface area (Å²) in [6.45, 7) is 4.10. The average molecular weight is 261 g/mol. The third-order valence-electron chi connectivity index (χ3n) is 2.36. The molecule has 0 saturated heterocycles. The first kappa shape index (κ1) is 14.1. The van der Waals surface area contributed by atoms with Crippen LogP contribution in [0.15, 0.2) is 17.0 Å². The second-order valence-corrected chi connectivity index (χ2v) is 5.91. The molecular weight excluding hydrogens is 244 g/mol. The third kappa shape index (κ3) is 4.07. The topological polar surface area (TPSA) is 43.1 Å². The molecule has 1 aromatic carbocycles. The van der Waals surface area contributed by atoms with Gasteiger partial charge in [0.15, 0.2) is 0 Å². The highest BCUT2D eigenvalue weighted by molar-refractivity contribution is 7.85. The Morgan fingerprint density at radius 2 is 1.82 bits per heavy atom. The number of halogens is 2. The molecule has 0 aromatic heterocycles. The van der Waals surface area contributed by atoms with E-state index < -0.39 is 22.4 Å². The van der Waals surface area contributed by atoms with Crippen LogP contribution in [0.2, 0.25) is 0 Å². The Kier molecular flexibility index (Phi) is 5.05. The van der Waals surface area contributed by atoms with E-state index >= 15 is 0 Å². The molecule has 0 saturated carbocycles. The van der Waals surface area contributed by atoms with Crippen molar-refractivity contribution in [3.8, 4) is 0 Å². The minimum atomic E-state index is -1.64. The first-order chi connectivity index (χ1) is 7.91. The van der Waals surface area contributed by atoms with Gasteiger partial charge < -0.3 is 5.73 Å². The van der Waals surface area contributed by atoms with Crippen molar-refractivity contribution in [2.24, 2.45) is 5.92 Å². The van der Waals surface area contributed by atoms with Crippen molar-refractivity contribution in [3.63, 3.8) is 0 Å². The molecule has 0 aliphatic heterocycles. The number of nitrogens with two attached hydrogens (primary N) is 1. The Bertz CT molecular complexity index is 398. The van der Waals surface area contributed by atoms with E-state index in [1.54, 1.807) is 0 Å². The summed E-state index contributed by atoms with van der Waals surface area (Å²) in [5, 5.41) is 0. The van der Waals surface area contributed by atoms with E-state index in [9.17, 15) is 13.0 Å². The maximum atomic E-state index is 13.4. The molecule has 5 heteroatoms. The fraction of sp³-hybridized carbons (Fsp3) is 0.500. The SMILES string of the molecule is CC(C)CCCS(=O)c1c(F)cc(N)cc1F. The van der Waals surface area contributed by atoms with Gasteiger partial charge in [-0.1, -0.05) is 20.3 Å². The van der Waals surface area contributed by atoms with Crippen molar-refractivity contribution in [3.05, 3.63) is 23.8 Å². The highest BCUT2D eigenvalue weighted by Gasteiger charge is 2.16. The lowest BCUT2D eigenvalue weighted by atomic mass is 10.1. The number of benzene rings is 1. The van der Waals surface area contributed by atoms with Gasteiger partial charge in [0.1, 0.15) is 16.5 Å². The molecule has 96 valence electrons. The Morgan fingerprint density at radius 3 is 2.29 bits per heavy atom. The van der Waals surface area contributed by atoms with Crippen molar-refractivity contribution < 1.29 is 13.0 Å².